The molecule has 0 saturated carbocycles. The van der Waals surface area contributed by atoms with Gasteiger partial charge in [0.25, 0.3) is 0 Å². The number of anilines is 1. The van der Waals surface area contributed by atoms with Gasteiger partial charge >= 0.3 is 0 Å². The molecular formula is C22H19N5O2S2. The first-order valence-corrected chi connectivity index (χ1v) is 12.1. The van der Waals surface area contributed by atoms with Gasteiger partial charge in [-0.1, -0.05) is 53.7 Å². The second kappa shape index (κ2) is 7.75. The van der Waals surface area contributed by atoms with Crippen LogP contribution in [-0.2, 0) is 16.3 Å². The van der Waals surface area contributed by atoms with Crippen molar-refractivity contribution in [2.75, 3.05) is 5.32 Å². The summed E-state index contributed by atoms with van der Waals surface area (Å²) in [6, 6.07) is 20.4. The Morgan fingerprint density at radius 3 is 2.48 bits per heavy atom. The van der Waals surface area contributed by atoms with Crippen LogP contribution < -0.4 is 5.32 Å². The number of fused-ring (bicyclic) bond motifs is 3. The van der Waals surface area contributed by atoms with Crippen molar-refractivity contribution in [3.63, 3.8) is 0 Å². The highest BCUT2D eigenvalue weighted by molar-refractivity contribution is 7.91. The average Bonchev–Trinajstić information content (AvgIpc) is 3.42. The Hall–Kier alpha value is -3.30. The number of sulfone groups is 1. The zero-order valence-electron chi connectivity index (χ0n) is 16.6. The second-order valence-corrected chi connectivity index (χ2v) is 10.1. The Balaban J connectivity index is 1.59. The van der Waals surface area contributed by atoms with Crippen molar-refractivity contribution in [2.24, 2.45) is 0 Å². The lowest BCUT2D eigenvalue weighted by atomic mass is 10.1. The van der Waals surface area contributed by atoms with Crippen molar-refractivity contribution in [2.45, 2.75) is 29.3 Å². The number of aromatic nitrogens is 4. The first-order chi connectivity index (χ1) is 15.0. The molecule has 0 bridgehead atoms. The van der Waals surface area contributed by atoms with Crippen molar-refractivity contribution in [1.29, 1.82) is 0 Å². The summed E-state index contributed by atoms with van der Waals surface area (Å²) < 4.78 is 28.8. The van der Waals surface area contributed by atoms with Gasteiger partial charge in [0.2, 0.25) is 14.9 Å². The smallest absolute Gasteiger partial charge is 0.229 e. The SMILES string of the molecule is C[C@@H](Cc1ccccc1)Nc1nc2c(S(=O)(=O)c3ccccc3)nnn2c2ccsc12. The van der Waals surface area contributed by atoms with Crippen molar-refractivity contribution in [3.8, 4) is 0 Å². The summed E-state index contributed by atoms with van der Waals surface area (Å²) in [4.78, 5) is 4.83. The van der Waals surface area contributed by atoms with E-state index in [1.54, 1.807) is 30.3 Å². The molecule has 2 aromatic carbocycles. The summed E-state index contributed by atoms with van der Waals surface area (Å²) >= 11 is 1.53. The molecule has 156 valence electrons. The molecule has 0 aliphatic heterocycles. The van der Waals surface area contributed by atoms with Crippen LogP contribution in [-0.4, -0.2) is 34.3 Å². The van der Waals surface area contributed by atoms with Crippen LogP contribution in [0.1, 0.15) is 12.5 Å². The van der Waals surface area contributed by atoms with Crippen LogP contribution in [0.5, 0.6) is 0 Å². The summed E-state index contributed by atoms with van der Waals surface area (Å²) in [5, 5.41) is 13.3. The molecule has 0 radical (unpaired) electrons. The Morgan fingerprint density at radius 2 is 1.74 bits per heavy atom. The maximum atomic E-state index is 13.2. The third-order valence-electron chi connectivity index (χ3n) is 5.00. The van der Waals surface area contributed by atoms with Crippen molar-refractivity contribution < 1.29 is 8.42 Å². The Morgan fingerprint density at radius 1 is 1.03 bits per heavy atom. The molecule has 7 nitrogen and oxygen atoms in total. The fraction of sp³-hybridized carbons (Fsp3) is 0.136. The molecule has 0 spiro atoms. The van der Waals surface area contributed by atoms with E-state index in [0.29, 0.717) is 5.82 Å². The molecule has 31 heavy (non-hydrogen) atoms. The summed E-state index contributed by atoms with van der Waals surface area (Å²) in [6.45, 7) is 2.08. The number of hydrogen-bond acceptors (Lipinski definition) is 7. The van der Waals surface area contributed by atoms with E-state index in [0.717, 1.165) is 16.6 Å². The van der Waals surface area contributed by atoms with E-state index in [9.17, 15) is 8.42 Å². The second-order valence-electron chi connectivity index (χ2n) is 7.28. The molecule has 1 N–H and O–H groups in total. The first-order valence-electron chi connectivity index (χ1n) is 9.77. The van der Waals surface area contributed by atoms with E-state index in [1.807, 2.05) is 29.6 Å². The molecule has 3 heterocycles. The van der Waals surface area contributed by atoms with Gasteiger partial charge in [0, 0.05) is 6.04 Å². The van der Waals surface area contributed by atoms with Crippen LogP contribution in [0.2, 0.25) is 0 Å². The molecule has 0 saturated heterocycles. The molecule has 3 aromatic heterocycles. The molecule has 0 amide bonds. The van der Waals surface area contributed by atoms with Gasteiger partial charge in [-0.3, -0.25) is 0 Å². The van der Waals surface area contributed by atoms with E-state index in [2.05, 4.69) is 39.7 Å². The first kappa shape index (κ1) is 19.7. The number of nitrogens with one attached hydrogen (secondary N) is 1. The lowest BCUT2D eigenvalue weighted by molar-refractivity contribution is 0.592. The minimum atomic E-state index is -3.85. The lowest BCUT2D eigenvalue weighted by Crippen LogP contribution is -2.19. The van der Waals surface area contributed by atoms with Crippen LogP contribution in [0.25, 0.3) is 15.9 Å². The Labute approximate surface area is 183 Å². The molecule has 9 heteroatoms. The molecule has 1 atom stereocenters. The topological polar surface area (TPSA) is 89.2 Å². The molecule has 0 unspecified atom stereocenters. The molecular weight excluding hydrogens is 430 g/mol. The van der Waals surface area contributed by atoms with Crippen molar-refractivity contribution in [3.05, 3.63) is 77.7 Å². The monoisotopic (exact) mass is 449 g/mol. The van der Waals surface area contributed by atoms with E-state index in [1.165, 1.54) is 21.4 Å². The molecule has 0 aliphatic rings. The minimum Gasteiger partial charge on any atom is -0.366 e. The van der Waals surface area contributed by atoms with Crippen LogP contribution in [0.15, 0.2) is 82.0 Å². The van der Waals surface area contributed by atoms with E-state index < -0.39 is 9.84 Å². The van der Waals surface area contributed by atoms with Gasteiger partial charge in [-0.05, 0) is 42.5 Å². The fourth-order valence-electron chi connectivity index (χ4n) is 3.56. The average molecular weight is 450 g/mol. The molecule has 5 aromatic rings. The van der Waals surface area contributed by atoms with Crippen LogP contribution >= 0.6 is 11.3 Å². The highest BCUT2D eigenvalue weighted by atomic mass is 32.2. The normalized spacial score (nSPS) is 12.9. The van der Waals surface area contributed by atoms with Gasteiger partial charge in [-0.25, -0.2) is 13.4 Å². The fourth-order valence-corrected chi connectivity index (χ4v) is 5.64. The maximum Gasteiger partial charge on any atom is 0.229 e. The predicted molar refractivity (Wildman–Crippen MR) is 121 cm³/mol. The zero-order valence-corrected chi connectivity index (χ0v) is 18.3. The van der Waals surface area contributed by atoms with Gasteiger partial charge in [-0.15, -0.1) is 16.4 Å². The van der Waals surface area contributed by atoms with Crippen LogP contribution in [0.3, 0.4) is 0 Å². The zero-order chi connectivity index (χ0) is 21.4. The van der Waals surface area contributed by atoms with E-state index in [-0.39, 0.29) is 21.6 Å². The van der Waals surface area contributed by atoms with E-state index >= 15 is 0 Å². The minimum absolute atomic E-state index is 0.0905. The summed E-state index contributed by atoms with van der Waals surface area (Å²) in [5.41, 5.74) is 2.19. The molecule has 0 fully saturated rings. The lowest BCUT2D eigenvalue weighted by Gasteiger charge is -2.15. The highest BCUT2D eigenvalue weighted by Crippen LogP contribution is 2.31. The number of nitrogens with zero attached hydrogens (tertiary/aromatic N) is 4. The maximum absolute atomic E-state index is 13.2. The van der Waals surface area contributed by atoms with E-state index in [4.69, 9.17) is 0 Å². The Bertz CT molecular complexity index is 1460. The third-order valence-corrected chi connectivity index (χ3v) is 7.57. The van der Waals surface area contributed by atoms with Crippen LogP contribution in [0, 0.1) is 0 Å². The summed E-state index contributed by atoms with van der Waals surface area (Å²) in [7, 11) is -3.85. The third kappa shape index (κ3) is 3.55. The Kier molecular flexibility index (Phi) is 4.91. The summed E-state index contributed by atoms with van der Waals surface area (Å²) in [5.74, 6) is 0.632. The summed E-state index contributed by atoms with van der Waals surface area (Å²) in [6.07, 6.45) is 0.813. The number of thiophene rings is 1. The largest absolute Gasteiger partial charge is 0.366 e. The predicted octanol–water partition coefficient (Wildman–Crippen LogP) is 4.21. The van der Waals surface area contributed by atoms with Crippen molar-refractivity contribution in [1.82, 2.24) is 19.8 Å². The molecule has 0 aliphatic carbocycles. The number of benzene rings is 2. The highest BCUT2D eigenvalue weighted by Gasteiger charge is 2.27. The quantitative estimate of drug-likeness (QED) is 0.418. The van der Waals surface area contributed by atoms with Gasteiger partial charge in [-0.2, -0.15) is 4.52 Å². The van der Waals surface area contributed by atoms with Gasteiger partial charge in [0.05, 0.1) is 15.1 Å². The van der Waals surface area contributed by atoms with Crippen molar-refractivity contribution >= 4 is 42.9 Å². The van der Waals surface area contributed by atoms with Gasteiger partial charge < -0.3 is 5.32 Å². The number of hydrogen-bond donors (Lipinski definition) is 1. The molecule has 5 rings (SSSR count). The van der Waals surface area contributed by atoms with Gasteiger partial charge in [0.1, 0.15) is 5.82 Å². The van der Waals surface area contributed by atoms with Crippen LogP contribution in [0.4, 0.5) is 5.82 Å². The number of rotatable bonds is 6. The van der Waals surface area contributed by atoms with Gasteiger partial charge in [0.15, 0.2) is 5.65 Å². The standard InChI is InChI=1S/C22H19N5O2S2/c1-15(14-16-8-4-2-5-9-16)23-20-19-18(12-13-30-19)27-21(24-20)22(25-26-27)31(28,29)17-10-6-3-7-11-17/h2-13,15H,14H2,1H3,(H,23,24)/t15-/m0/s1.